The Morgan fingerprint density at radius 1 is 1.53 bits per heavy atom. The van der Waals surface area contributed by atoms with Crippen LogP contribution in [0.1, 0.15) is 19.4 Å². The molecule has 1 unspecified atom stereocenters. The van der Waals surface area contributed by atoms with E-state index in [1.165, 1.54) is 5.56 Å². The number of nitrogens with zero attached hydrogens (tertiary/aromatic N) is 3. The van der Waals surface area contributed by atoms with E-state index in [1.54, 1.807) is 6.20 Å². The van der Waals surface area contributed by atoms with Gasteiger partial charge in [0.15, 0.2) is 5.96 Å². The largest absolute Gasteiger partial charge is 0.370 e. The van der Waals surface area contributed by atoms with Crippen LogP contribution in [0.5, 0.6) is 0 Å². The van der Waals surface area contributed by atoms with E-state index in [9.17, 15) is 0 Å². The predicted molar refractivity (Wildman–Crippen MR) is 69.8 cm³/mol. The molecule has 0 bridgehead atoms. The lowest BCUT2D eigenvalue weighted by Gasteiger charge is -2.28. The lowest BCUT2D eigenvalue weighted by atomic mass is 10.0. The zero-order valence-corrected chi connectivity index (χ0v) is 10.5. The van der Waals surface area contributed by atoms with Crippen LogP contribution in [0.3, 0.4) is 0 Å². The highest BCUT2D eigenvalue weighted by atomic mass is 15.3. The summed E-state index contributed by atoms with van der Waals surface area (Å²) >= 11 is 0. The molecule has 0 spiro atoms. The Bertz CT molecular complexity index is 386. The topological polar surface area (TPSA) is 54.5 Å². The Morgan fingerprint density at radius 3 is 3.00 bits per heavy atom. The third-order valence-electron chi connectivity index (χ3n) is 3.27. The van der Waals surface area contributed by atoms with Crippen molar-refractivity contribution in [2.75, 3.05) is 13.1 Å². The summed E-state index contributed by atoms with van der Waals surface area (Å²) in [5.74, 6) is 1.27. The van der Waals surface area contributed by atoms with Crippen molar-refractivity contribution in [3.05, 3.63) is 30.1 Å². The maximum atomic E-state index is 5.93. The van der Waals surface area contributed by atoms with Crippen molar-refractivity contribution in [2.45, 2.75) is 26.3 Å². The van der Waals surface area contributed by atoms with Gasteiger partial charge in [-0.25, -0.2) is 0 Å². The highest BCUT2D eigenvalue weighted by molar-refractivity contribution is 5.80. The molecule has 0 radical (unpaired) electrons. The van der Waals surface area contributed by atoms with Crippen LogP contribution >= 0.6 is 0 Å². The molecule has 1 aromatic rings. The van der Waals surface area contributed by atoms with Gasteiger partial charge in [0.05, 0.1) is 12.6 Å². The first-order valence-corrected chi connectivity index (χ1v) is 6.14. The molecule has 2 rings (SSSR count). The molecule has 1 aromatic heterocycles. The lowest BCUT2D eigenvalue weighted by Crippen LogP contribution is -2.44. The quantitative estimate of drug-likeness (QED) is 0.850. The van der Waals surface area contributed by atoms with E-state index >= 15 is 0 Å². The van der Waals surface area contributed by atoms with Crippen LogP contribution < -0.4 is 5.73 Å². The number of rotatable bonds is 4. The Labute approximate surface area is 103 Å². The van der Waals surface area contributed by atoms with Crippen molar-refractivity contribution in [1.82, 2.24) is 9.88 Å². The minimum Gasteiger partial charge on any atom is -0.370 e. The van der Waals surface area contributed by atoms with E-state index in [0.717, 1.165) is 19.5 Å². The standard InChI is InChI=1S/C13H20N4/c1-10(2)12-9-16-13(14)17(12)7-5-11-4-3-6-15-8-11/h3-4,6,8,10,12H,5,7,9H2,1-2H3,(H2,14,16). The Kier molecular flexibility index (Phi) is 3.61. The van der Waals surface area contributed by atoms with Gasteiger partial charge in [-0.1, -0.05) is 19.9 Å². The average Bonchev–Trinajstić information content (AvgIpc) is 2.69. The molecule has 1 aliphatic heterocycles. The summed E-state index contributed by atoms with van der Waals surface area (Å²) in [7, 11) is 0. The molecule has 0 amide bonds. The van der Waals surface area contributed by atoms with Gasteiger partial charge in [0.1, 0.15) is 0 Å². The smallest absolute Gasteiger partial charge is 0.191 e. The molecular formula is C13H20N4. The number of hydrogen-bond donors (Lipinski definition) is 1. The van der Waals surface area contributed by atoms with Crippen LogP contribution in [0.15, 0.2) is 29.5 Å². The summed E-state index contributed by atoms with van der Waals surface area (Å²) < 4.78 is 0. The molecule has 1 aliphatic rings. The summed E-state index contributed by atoms with van der Waals surface area (Å²) in [6.45, 7) is 6.19. The van der Waals surface area contributed by atoms with Gasteiger partial charge in [0, 0.05) is 18.9 Å². The van der Waals surface area contributed by atoms with Crippen molar-refractivity contribution >= 4 is 5.96 Å². The lowest BCUT2D eigenvalue weighted by molar-refractivity contribution is 0.277. The van der Waals surface area contributed by atoms with Gasteiger partial charge >= 0.3 is 0 Å². The van der Waals surface area contributed by atoms with E-state index in [-0.39, 0.29) is 0 Å². The van der Waals surface area contributed by atoms with Gasteiger partial charge in [-0.15, -0.1) is 0 Å². The molecule has 0 aliphatic carbocycles. The third kappa shape index (κ3) is 2.75. The van der Waals surface area contributed by atoms with Gasteiger partial charge in [-0.05, 0) is 24.0 Å². The van der Waals surface area contributed by atoms with E-state index in [0.29, 0.717) is 17.9 Å². The maximum absolute atomic E-state index is 5.93. The van der Waals surface area contributed by atoms with Gasteiger partial charge in [-0.2, -0.15) is 0 Å². The molecule has 0 fully saturated rings. The molecule has 1 atom stereocenters. The molecule has 0 aromatic carbocycles. The Morgan fingerprint density at radius 2 is 2.35 bits per heavy atom. The fraction of sp³-hybridized carbons (Fsp3) is 0.538. The molecule has 4 nitrogen and oxygen atoms in total. The summed E-state index contributed by atoms with van der Waals surface area (Å²) in [6, 6.07) is 4.52. The van der Waals surface area contributed by atoms with Gasteiger partial charge in [0.2, 0.25) is 0 Å². The Balaban J connectivity index is 1.95. The van der Waals surface area contributed by atoms with Crippen LogP contribution in [0, 0.1) is 5.92 Å². The number of aromatic nitrogens is 1. The van der Waals surface area contributed by atoms with Crippen molar-refractivity contribution in [3.63, 3.8) is 0 Å². The maximum Gasteiger partial charge on any atom is 0.191 e. The summed E-state index contributed by atoms with van der Waals surface area (Å²) in [5, 5.41) is 0. The monoisotopic (exact) mass is 232 g/mol. The number of aliphatic imine (C=N–C) groups is 1. The minimum atomic E-state index is 0.451. The number of guanidine groups is 1. The van der Waals surface area contributed by atoms with Crippen LogP contribution in [-0.2, 0) is 6.42 Å². The average molecular weight is 232 g/mol. The Hall–Kier alpha value is -1.58. The van der Waals surface area contributed by atoms with Crippen molar-refractivity contribution < 1.29 is 0 Å². The first-order chi connectivity index (χ1) is 8.18. The van der Waals surface area contributed by atoms with Crippen molar-refractivity contribution in [3.8, 4) is 0 Å². The summed E-state index contributed by atoms with van der Waals surface area (Å²) in [5.41, 5.74) is 7.18. The second kappa shape index (κ2) is 5.17. The highest BCUT2D eigenvalue weighted by Crippen LogP contribution is 2.17. The minimum absolute atomic E-state index is 0.451. The second-order valence-corrected chi connectivity index (χ2v) is 4.81. The molecule has 0 saturated heterocycles. The molecular weight excluding hydrogens is 212 g/mol. The van der Waals surface area contributed by atoms with Crippen molar-refractivity contribution in [2.24, 2.45) is 16.6 Å². The first kappa shape index (κ1) is 11.9. The number of pyridine rings is 1. The summed E-state index contributed by atoms with van der Waals surface area (Å²) in [6.07, 6.45) is 4.67. The van der Waals surface area contributed by atoms with E-state index in [2.05, 4.69) is 34.8 Å². The number of nitrogens with two attached hydrogens (primary N) is 1. The fourth-order valence-corrected chi connectivity index (χ4v) is 2.19. The molecule has 17 heavy (non-hydrogen) atoms. The molecule has 92 valence electrons. The normalized spacial score (nSPS) is 19.8. The zero-order valence-electron chi connectivity index (χ0n) is 10.5. The van der Waals surface area contributed by atoms with E-state index in [4.69, 9.17) is 5.73 Å². The van der Waals surface area contributed by atoms with Crippen LogP contribution in [0.2, 0.25) is 0 Å². The van der Waals surface area contributed by atoms with Crippen LogP contribution in [0.25, 0.3) is 0 Å². The molecule has 2 heterocycles. The first-order valence-electron chi connectivity index (χ1n) is 6.14. The SMILES string of the molecule is CC(C)C1CN=C(N)N1CCc1cccnc1. The van der Waals surface area contributed by atoms with Gasteiger partial charge in [-0.3, -0.25) is 9.98 Å². The van der Waals surface area contributed by atoms with Gasteiger partial charge < -0.3 is 10.6 Å². The molecule has 2 N–H and O–H groups in total. The van der Waals surface area contributed by atoms with E-state index < -0.39 is 0 Å². The zero-order chi connectivity index (χ0) is 12.3. The van der Waals surface area contributed by atoms with Crippen LogP contribution in [-0.4, -0.2) is 35.0 Å². The second-order valence-electron chi connectivity index (χ2n) is 4.81. The summed E-state index contributed by atoms with van der Waals surface area (Å²) in [4.78, 5) is 10.7. The van der Waals surface area contributed by atoms with Crippen LogP contribution in [0.4, 0.5) is 0 Å². The van der Waals surface area contributed by atoms with E-state index in [1.807, 2.05) is 12.3 Å². The van der Waals surface area contributed by atoms with Gasteiger partial charge in [0.25, 0.3) is 0 Å². The fourth-order valence-electron chi connectivity index (χ4n) is 2.19. The molecule has 4 heteroatoms. The molecule has 0 saturated carbocycles. The van der Waals surface area contributed by atoms with Crippen molar-refractivity contribution in [1.29, 1.82) is 0 Å². The predicted octanol–water partition coefficient (Wildman–Crippen LogP) is 1.28. The highest BCUT2D eigenvalue weighted by Gasteiger charge is 2.27. The third-order valence-corrected chi connectivity index (χ3v) is 3.27. The number of hydrogen-bond acceptors (Lipinski definition) is 4.